The summed E-state index contributed by atoms with van der Waals surface area (Å²) < 4.78 is 5.68. The van der Waals surface area contributed by atoms with Gasteiger partial charge in [-0.25, -0.2) is 0 Å². The first-order valence-corrected chi connectivity index (χ1v) is 7.65. The van der Waals surface area contributed by atoms with Crippen molar-refractivity contribution in [1.29, 1.82) is 0 Å². The van der Waals surface area contributed by atoms with E-state index in [1.54, 1.807) is 0 Å². The lowest BCUT2D eigenvalue weighted by Crippen LogP contribution is -2.26. The molecule has 0 saturated carbocycles. The molecule has 2 unspecified atom stereocenters. The average Bonchev–Trinajstić information content (AvgIpc) is 2.86. The Labute approximate surface area is 108 Å². The first-order valence-electron chi connectivity index (χ1n) is 7.65. The summed E-state index contributed by atoms with van der Waals surface area (Å²) in [4.78, 5) is 0. The fraction of sp³-hybridized carbons (Fsp3) is 1.00. The third-order valence-electron chi connectivity index (χ3n) is 3.93. The van der Waals surface area contributed by atoms with Gasteiger partial charge in [-0.15, -0.1) is 0 Å². The molecule has 0 aromatic heterocycles. The van der Waals surface area contributed by atoms with Crippen molar-refractivity contribution in [2.75, 3.05) is 13.7 Å². The van der Waals surface area contributed by atoms with Crippen LogP contribution in [0.15, 0.2) is 0 Å². The summed E-state index contributed by atoms with van der Waals surface area (Å²) in [5.41, 5.74) is 0. The monoisotopic (exact) mass is 241 g/mol. The number of ether oxygens (including phenoxy) is 1. The van der Waals surface area contributed by atoms with Crippen molar-refractivity contribution in [3.8, 4) is 0 Å². The van der Waals surface area contributed by atoms with Crippen LogP contribution in [0, 0.1) is 0 Å². The number of hydrogen-bond acceptors (Lipinski definition) is 2. The molecule has 1 aliphatic rings. The summed E-state index contributed by atoms with van der Waals surface area (Å²) in [5, 5.41) is 3.46. The van der Waals surface area contributed by atoms with Crippen LogP contribution < -0.4 is 5.32 Å². The lowest BCUT2D eigenvalue weighted by molar-refractivity contribution is 0.0994. The summed E-state index contributed by atoms with van der Waals surface area (Å²) in [6.45, 7) is 3.27. The van der Waals surface area contributed by atoms with E-state index in [4.69, 9.17) is 4.74 Å². The Morgan fingerprint density at radius 3 is 2.65 bits per heavy atom. The zero-order valence-corrected chi connectivity index (χ0v) is 11.8. The van der Waals surface area contributed by atoms with Gasteiger partial charge in [0.2, 0.25) is 0 Å². The molecule has 0 aromatic carbocycles. The van der Waals surface area contributed by atoms with Gasteiger partial charge in [0.25, 0.3) is 0 Å². The smallest absolute Gasteiger partial charge is 0.0576 e. The van der Waals surface area contributed by atoms with E-state index in [2.05, 4.69) is 19.3 Å². The topological polar surface area (TPSA) is 21.3 Å². The number of unbranched alkanes of at least 4 members (excludes halogenated alkanes) is 4. The molecule has 1 heterocycles. The van der Waals surface area contributed by atoms with Crippen LogP contribution in [0.4, 0.5) is 0 Å². The second kappa shape index (κ2) is 9.90. The van der Waals surface area contributed by atoms with Crippen molar-refractivity contribution in [2.45, 2.75) is 83.3 Å². The Balaban J connectivity index is 1.98. The molecule has 17 heavy (non-hydrogen) atoms. The molecule has 0 amide bonds. The quantitative estimate of drug-likeness (QED) is 0.586. The van der Waals surface area contributed by atoms with E-state index in [-0.39, 0.29) is 0 Å². The highest BCUT2D eigenvalue weighted by Crippen LogP contribution is 2.19. The lowest BCUT2D eigenvalue weighted by Gasteiger charge is -2.18. The minimum absolute atomic E-state index is 0.561. The first kappa shape index (κ1) is 15.0. The molecule has 1 aliphatic heterocycles. The highest BCUT2D eigenvalue weighted by Gasteiger charge is 2.16. The predicted octanol–water partition coefficient (Wildman–Crippen LogP) is 3.89. The highest BCUT2D eigenvalue weighted by atomic mass is 16.5. The molecule has 1 fully saturated rings. The van der Waals surface area contributed by atoms with E-state index in [0.29, 0.717) is 12.1 Å². The third kappa shape index (κ3) is 7.05. The molecule has 0 aliphatic carbocycles. The lowest BCUT2D eigenvalue weighted by atomic mass is 10.0. The summed E-state index contributed by atoms with van der Waals surface area (Å²) in [6, 6.07) is 0.709. The molecule has 0 aromatic rings. The maximum atomic E-state index is 5.68. The van der Waals surface area contributed by atoms with Crippen LogP contribution in [0.1, 0.15) is 71.1 Å². The molecule has 0 bridgehead atoms. The molecule has 1 rings (SSSR count). The van der Waals surface area contributed by atoms with Crippen LogP contribution in [-0.4, -0.2) is 25.8 Å². The van der Waals surface area contributed by atoms with E-state index in [0.717, 1.165) is 6.61 Å². The molecule has 1 saturated heterocycles. The van der Waals surface area contributed by atoms with Crippen molar-refractivity contribution < 1.29 is 4.74 Å². The zero-order valence-electron chi connectivity index (χ0n) is 11.8. The Morgan fingerprint density at radius 1 is 1.18 bits per heavy atom. The molecular formula is C15H31NO. The van der Waals surface area contributed by atoms with Gasteiger partial charge in [-0.3, -0.25) is 0 Å². The SMILES string of the molecule is CCCCCCCC(CCC1CCCO1)NC. The zero-order chi connectivity index (χ0) is 12.3. The number of nitrogens with one attached hydrogen (secondary N) is 1. The van der Waals surface area contributed by atoms with Gasteiger partial charge in [0.05, 0.1) is 6.10 Å². The summed E-state index contributed by atoms with van der Waals surface area (Å²) in [5.74, 6) is 0. The average molecular weight is 241 g/mol. The van der Waals surface area contributed by atoms with Crippen LogP contribution in [0.3, 0.4) is 0 Å². The standard InChI is InChI=1S/C15H31NO/c1-3-4-5-6-7-9-14(16-2)11-12-15-10-8-13-17-15/h14-16H,3-13H2,1-2H3. The van der Waals surface area contributed by atoms with Gasteiger partial charge in [0.1, 0.15) is 0 Å². The molecular weight excluding hydrogens is 210 g/mol. The van der Waals surface area contributed by atoms with Crippen LogP contribution in [0.25, 0.3) is 0 Å². The molecule has 102 valence electrons. The molecule has 0 spiro atoms. The van der Waals surface area contributed by atoms with Crippen molar-refractivity contribution in [1.82, 2.24) is 5.32 Å². The van der Waals surface area contributed by atoms with Crippen molar-refractivity contribution in [3.63, 3.8) is 0 Å². The van der Waals surface area contributed by atoms with E-state index >= 15 is 0 Å². The Kier molecular flexibility index (Phi) is 8.72. The van der Waals surface area contributed by atoms with Gasteiger partial charge < -0.3 is 10.1 Å². The van der Waals surface area contributed by atoms with E-state index < -0.39 is 0 Å². The van der Waals surface area contributed by atoms with Crippen molar-refractivity contribution >= 4 is 0 Å². The van der Waals surface area contributed by atoms with Crippen molar-refractivity contribution in [2.24, 2.45) is 0 Å². The maximum absolute atomic E-state index is 5.68. The van der Waals surface area contributed by atoms with Gasteiger partial charge in [0.15, 0.2) is 0 Å². The second-order valence-electron chi connectivity index (χ2n) is 5.40. The van der Waals surface area contributed by atoms with Crippen LogP contribution in [0.5, 0.6) is 0 Å². The predicted molar refractivity (Wildman–Crippen MR) is 74.4 cm³/mol. The Hall–Kier alpha value is -0.0800. The van der Waals surface area contributed by atoms with Crippen LogP contribution in [-0.2, 0) is 4.74 Å². The van der Waals surface area contributed by atoms with Crippen molar-refractivity contribution in [3.05, 3.63) is 0 Å². The third-order valence-corrected chi connectivity index (χ3v) is 3.93. The van der Waals surface area contributed by atoms with Crippen LogP contribution >= 0.6 is 0 Å². The number of hydrogen-bond donors (Lipinski definition) is 1. The summed E-state index contributed by atoms with van der Waals surface area (Å²) in [6.07, 6.45) is 13.9. The van der Waals surface area contributed by atoms with Gasteiger partial charge in [-0.05, 0) is 39.2 Å². The van der Waals surface area contributed by atoms with Gasteiger partial charge in [-0.2, -0.15) is 0 Å². The molecule has 2 heteroatoms. The highest BCUT2D eigenvalue weighted by molar-refractivity contribution is 4.71. The fourth-order valence-corrected chi connectivity index (χ4v) is 2.69. The second-order valence-corrected chi connectivity index (χ2v) is 5.40. The molecule has 1 N–H and O–H groups in total. The largest absolute Gasteiger partial charge is 0.378 e. The van der Waals surface area contributed by atoms with E-state index in [1.165, 1.54) is 64.2 Å². The van der Waals surface area contributed by atoms with Gasteiger partial charge >= 0.3 is 0 Å². The Morgan fingerprint density at radius 2 is 2.00 bits per heavy atom. The fourth-order valence-electron chi connectivity index (χ4n) is 2.69. The summed E-state index contributed by atoms with van der Waals surface area (Å²) >= 11 is 0. The minimum Gasteiger partial charge on any atom is -0.378 e. The van der Waals surface area contributed by atoms with Gasteiger partial charge in [-0.1, -0.05) is 39.0 Å². The maximum Gasteiger partial charge on any atom is 0.0576 e. The Bertz CT molecular complexity index is 166. The normalized spacial score (nSPS) is 21.9. The van der Waals surface area contributed by atoms with E-state index in [9.17, 15) is 0 Å². The number of rotatable bonds is 10. The van der Waals surface area contributed by atoms with Crippen LogP contribution in [0.2, 0.25) is 0 Å². The van der Waals surface area contributed by atoms with Gasteiger partial charge in [0, 0.05) is 12.6 Å². The first-order chi connectivity index (χ1) is 8.36. The molecule has 2 atom stereocenters. The van der Waals surface area contributed by atoms with E-state index in [1.807, 2.05) is 0 Å². The summed E-state index contributed by atoms with van der Waals surface area (Å²) in [7, 11) is 2.10. The minimum atomic E-state index is 0.561. The molecule has 2 nitrogen and oxygen atoms in total. The molecule has 0 radical (unpaired) electrons.